The van der Waals surface area contributed by atoms with Crippen molar-refractivity contribution in [2.75, 3.05) is 12.0 Å². The molecule has 7 nitrogen and oxygen atoms in total. The van der Waals surface area contributed by atoms with Crippen LogP contribution in [0.4, 0.5) is 10.8 Å². The van der Waals surface area contributed by atoms with Gasteiger partial charge in [-0.2, -0.15) is 5.10 Å². The van der Waals surface area contributed by atoms with E-state index in [-0.39, 0.29) is 11.8 Å². The van der Waals surface area contributed by atoms with E-state index in [4.69, 9.17) is 16.3 Å². The molecular weight excluding hydrogens is 412 g/mol. The molecule has 0 atom stereocenters. The minimum absolute atomic E-state index is 0.178. The van der Waals surface area contributed by atoms with Crippen LogP contribution in [-0.2, 0) is 4.79 Å². The molecule has 1 heterocycles. The molecule has 0 aliphatic rings. The lowest BCUT2D eigenvalue weighted by Crippen LogP contribution is -2.22. The van der Waals surface area contributed by atoms with Crippen LogP contribution in [0.5, 0.6) is 5.75 Å². The van der Waals surface area contributed by atoms with Gasteiger partial charge in [-0.15, -0.1) is 11.3 Å². The number of carbonyl (C=O) groups excluding carboxylic acids is 2. The number of benzene rings is 2. The Morgan fingerprint density at radius 2 is 2.00 bits per heavy atom. The lowest BCUT2D eigenvalue weighted by atomic mass is 10.2. The number of hydrogen-bond acceptors (Lipinski definition) is 6. The van der Waals surface area contributed by atoms with Gasteiger partial charge in [0.2, 0.25) is 5.91 Å². The second-order valence-electron chi connectivity index (χ2n) is 5.82. The Labute approximate surface area is 176 Å². The van der Waals surface area contributed by atoms with Crippen molar-refractivity contribution >= 4 is 51.8 Å². The molecule has 2 aromatic carbocycles. The summed E-state index contributed by atoms with van der Waals surface area (Å²) in [6.45, 7) is 1.46. The van der Waals surface area contributed by atoms with Gasteiger partial charge in [-0.1, -0.05) is 17.7 Å². The Morgan fingerprint density at radius 3 is 2.66 bits per heavy atom. The molecule has 148 valence electrons. The van der Waals surface area contributed by atoms with Crippen LogP contribution >= 0.6 is 22.9 Å². The fourth-order valence-electron chi connectivity index (χ4n) is 2.45. The maximum Gasteiger partial charge on any atom is 0.271 e. The summed E-state index contributed by atoms with van der Waals surface area (Å²) in [6.07, 6.45) is 1.41. The van der Waals surface area contributed by atoms with Crippen LogP contribution in [0, 0.1) is 0 Å². The maximum absolute atomic E-state index is 12.2. The molecule has 0 fully saturated rings. The van der Waals surface area contributed by atoms with Crippen molar-refractivity contribution in [3.8, 4) is 5.75 Å². The van der Waals surface area contributed by atoms with Crippen LogP contribution in [0.2, 0.25) is 5.02 Å². The number of halogens is 1. The molecule has 2 amide bonds. The Balaban J connectivity index is 1.71. The Hall–Kier alpha value is -3.23. The molecule has 1 aromatic heterocycles. The zero-order valence-electron chi connectivity index (χ0n) is 15.6. The molecule has 3 rings (SSSR count). The SMILES string of the molecule is COc1ccc(N(C(C)=O)c2nc(/C=N\NC(=O)c3cccc(Cl)c3)cs2)cc1. The van der Waals surface area contributed by atoms with Gasteiger partial charge in [0.25, 0.3) is 5.91 Å². The molecule has 29 heavy (non-hydrogen) atoms. The van der Waals surface area contributed by atoms with Crippen LogP contribution in [0.15, 0.2) is 59.0 Å². The quantitative estimate of drug-likeness (QED) is 0.469. The summed E-state index contributed by atoms with van der Waals surface area (Å²) in [5.41, 5.74) is 4.00. The number of rotatable bonds is 6. The highest BCUT2D eigenvalue weighted by atomic mass is 35.5. The van der Waals surface area contributed by atoms with Crippen molar-refractivity contribution in [1.29, 1.82) is 0 Å². The van der Waals surface area contributed by atoms with E-state index < -0.39 is 0 Å². The average Bonchev–Trinajstić information content (AvgIpc) is 3.16. The first-order chi connectivity index (χ1) is 14.0. The third-order valence-corrected chi connectivity index (χ3v) is 4.88. The van der Waals surface area contributed by atoms with Gasteiger partial charge in [0.15, 0.2) is 5.13 Å². The monoisotopic (exact) mass is 428 g/mol. The van der Waals surface area contributed by atoms with E-state index in [9.17, 15) is 9.59 Å². The summed E-state index contributed by atoms with van der Waals surface area (Å²) in [6, 6.07) is 13.6. The summed E-state index contributed by atoms with van der Waals surface area (Å²) < 4.78 is 5.15. The van der Waals surface area contributed by atoms with Gasteiger partial charge in [0.1, 0.15) is 5.75 Å². The Morgan fingerprint density at radius 1 is 1.24 bits per heavy atom. The number of hydrogen-bond donors (Lipinski definition) is 1. The van der Waals surface area contributed by atoms with Gasteiger partial charge < -0.3 is 4.74 Å². The van der Waals surface area contributed by atoms with E-state index in [1.165, 1.54) is 29.4 Å². The summed E-state index contributed by atoms with van der Waals surface area (Å²) in [5.74, 6) is 0.129. The number of anilines is 2. The van der Waals surface area contributed by atoms with Crippen molar-refractivity contribution in [3.63, 3.8) is 0 Å². The number of ether oxygens (including phenoxy) is 1. The van der Waals surface area contributed by atoms with Crippen molar-refractivity contribution in [2.45, 2.75) is 6.92 Å². The van der Waals surface area contributed by atoms with E-state index in [1.807, 2.05) is 0 Å². The average molecular weight is 429 g/mol. The van der Waals surface area contributed by atoms with Crippen LogP contribution in [-0.4, -0.2) is 30.1 Å². The number of aromatic nitrogens is 1. The summed E-state index contributed by atoms with van der Waals surface area (Å²) in [4.78, 5) is 30.1. The minimum atomic E-state index is -0.386. The molecule has 0 bridgehead atoms. The van der Waals surface area contributed by atoms with E-state index >= 15 is 0 Å². The highest BCUT2D eigenvalue weighted by molar-refractivity contribution is 7.14. The van der Waals surface area contributed by atoms with Gasteiger partial charge >= 0.3 is 0 Å². The predicted octanol–water partition coefficient (Wildman–Crippen LogP) is 4.25. The second kappa shape index (κ2) is 9.31. The summed E-state index contributed by atoms with van der Waals surface area (Å²) in [7, 11) is 1.58. The fraction of sp³-hybridized carbons (Fsp3) is 0.100. The number of hydrazone groups is 1. The van der Waals surface area contributed by atoms with Gasteiger partial charge in [-0.05, 0) is 42.5 Å². The largest absolute Gasteiger partial charge is 0.497 e. The third-order valence-electron chi connectivity index (χ3n) is 3.80. The number of thiazole rings is 1. The standard InChI is InChI=1S/C20H17ClN4O3S/c1-13(26)25(17-6-8-18(28-2)9-7-17)20-23-16(12-29-20)11-22-24-19(27)14-4-3-5-15(21)10-14/h3-12H,1-2H3,(H,24,27)/b22-11-. The smallest absolute Gasteiger partial charge is 0.271 e. The topological polar surface area (TPSA) is 83.9 Å². The number of amides is 2. The van der Waals surface area contributed by atoms with E-state index in [0.717, 1.165) is 0 Å². The van der Waals surface area contributed by atoms with Crippen LogP contribution in [0.3, 0.4) is 0 Å². The number of nitrogens with zero attached hydrogens (tertiary/aromatic N) is 3. The number of methoxy groups -OCH3 is 1. The minimum Gasteiger partial charge on any atom is -0.497 e. The Kier molecular flexibility index (Phi) is 6.58. The first-order valence-electron chi connectivity index (χ1n) is 8.47. The van der Waals surface area contributed by atoms with Crippen LogP contribution in [0.25, 0.3) is 0 Å². The molecule has 0 saturated carbocycles. The molecule has 1 N–H and O–H groups in total. The number of carbonyl (C=O) groups is 2. The molecule has 9 heteroatoms. The predicted molar refractivity (Wildman–Crippen MR) is 114 cm³/mol. The fourth-order valence-corrected chi connectivity index (χ4v) is 3.48. The van der Waals surface area contributed by atoms with Crippen molar-refractivity contribution in [3.05, 3.63) is 70.2 Å². The van der Waals surface area contributed by atoms with Crippen molar-refractivity contribution in [2.24, 2.45) is 5.10 Å². The highest BCUT2D eigenvalue weighted by Crippen LogP contribution is 2.29. The van der Waals surface area contributed by atoms with Crippen LogP contribution in [0.1, 0.15) is 23.0 Å². The zero-order chi connectivity index (χ0) is 20.8. The molecular formula is C20H17ClN4O3S. The molecule has 0 aliphatic heterocycles. The molecule has 0 aliphatic carbocycles. The molecule has 0 unspecified atom stereocenters. The van der Waals surface area contributed by atoms with Gasteiger partial charge in [-0.25, -0.2) is 10.4 Å². The molecule has 0 radical (unpaired) electrons. The first-order valence-corrected chi connectivity index (χ1v) is 9.73. The second-order valence-corrected chi connectivity index (χ2v) is 7.09. The molecule has 0 spiro atoms. The first kappa shape index (κ1) is 20.5. The maximum atomic E-state index is 12.2. The van der Waals surface area contributed by atoms with E-state index in [2.05, 4.69) is 15.5 Å². The lowest BCUT2D eigenvalue weighted by Gasteiger charge is -2.18. The molecule has 3 aromatic rings. The summed E-state index contributed by atoms with van der Waals surface area (Å²) >= 11 is 7.17. The zero-order valence-corrected chi connectivity index (χ0v) is 17.2. The van der Waals surface area contributed by atoms with E-state index in [1.54, 1.807) is 61.0 Å². The van der Waals surface area contributed by atoms with Gasteiger partial charge in [0.05, 0.1) is 24.7 Å². The number of nitrogens with one attached hydrogen (secondary N) is 1. The molecule has 0 saturated heterocycles. The van der Waals surface area contributed by atoms with Crippen molar-refractivity contribution < 1.29 is 14.3 Å². The van der Waals surface area contributed by atoms with Gasteiger partial charge in [0, 0.05) is 22.9 Å². The Bertz CT molecular complexity index is 1050. The third kappa shape index (κ3) is 5.18. The van der Waals surface area contributed by atoms with E-state index in [0.29, 0.717) is 32.8 Å². The van der Waals surface area contributed by atoms with Gasteiger partial charge in [-0.3, -0.25) is 14.5 Å². The lowest BCUT2D eigenvalue weighted by molar-refractivity contribution is -0.115. The highest BCUT2D eigenvalue weighted by Gasteiger charge is 2.17. The normalized spacial score (nSPS) is 10.7. The van der Waals surface area contributed by atoms with Crippen LogP contribution < -0.4 is 15.1 Å². The summed E-state index contributed by atoms with van der Waals surface area (Å²) in [5, 5.41) is 6.61. The van der Waals surface area contributed by atoms with Crippen molar-refractivity contribution in [1.82, 2.24) is 10.4 Å².